The Labute approximate surface area is 198 Å². The van der Waals surface area contributed by atoms with Crippen LogP contribution in [-0.4, -0.2) is 35.5 Å². The van der Waals surface area contributed by atoms with Gasteiger partial charge in [0.05, 0.1) is 11.6 Å². The van der Waals surface area contributed by atoms with Crippen LogP contribution in [-0.2, 0) is 14.3 Å². The summed E-state index contributed by atoms with van der Waals surface area (Å²) in [5, 5.41) is 4.79. The Hall–Kier alpha value is -2.94. The lowest BCUT2D eigenvalue weighted by molar-refractivity contribution is -0.123. The standard InChI is InChI=1S/C22H18Cl2N2O5S/c1-3-30-21(28)17-14(13-7-5-4-6-8-13)11-32-20(17)26-19(27)12(2)31-22(29)18-15(23)9-10-16(24)25-18/h4-12H,3H2,1-2H3,(H,26,27). The van der Waals surface area contributed by atoms with Gasteiger partial charge in [0, 0.05) is 10.9 Å². The molecule has 2 heterocycles. The number of nitrogens with zero attached hydrogens (tertiary/aromatic N) is 1. The minimum absolute atomic E-state index is 0.0439. The van der Waals surface area contributed by atoms with Gasteiger partial charge in [-0.2, -0.15) is 0 Å². The molecule has 1 amide bonds. The van der Waals surface area contributed by atoms with E-state index in [9.17, 15) is 14.4 Å². The minimum Gasteiger partial charge on any atom is -0.462 e. The van der Waals surface area contributed by atoms with Gasteiger partial charge in [-0.25, -0.2) is 14.6 Å². The summed E-state index contributed by atoms with van der Waals surface area (Å²) < 4.78 is 10.4. The highest BCUT2D eigenvalue weighted by Crippen LogP contribution is 2.36. The third kappa shape index (κ3) is 5.45. The number of halogens is 2. The Morgan fingerprint density at radius 3 is 2.50 bits per heavy atom. The third-order valence-corrected chi connectivity index (χ3v) is 5.66. The number of anilines is 1. The number of nitrogens with one attached hydrogen (secondary N) is 1. The van der Waals surface area contributed by atoms with Gasteiger partial charge in [0.25, 0.3) is 5.91 Å². The van der Waals surface area contributed by atoms with E-state index in [0.29, 0.717) is 5.56 Å². The van der Waals surface area contributed by atoms with Crippen LogP contribution in [0.3, 0.4) is 0 Å². The number of amides is 1. The smallest absolute Gasteiger partial charge is 0.359 e. The third-order valence-electron chi connectivity index (χ3n) is 4.25. The Balaban J connectivity index is 1.80. The fourth-order valence-electron chi connectivity index (χ4n) is 2.73. The molecule has 1 atom stereocenters. The Morgan fingerprint density at radius 2 is 1.81 bits per heavy atom. The summed E-state index contributed by atoms with van der Waals surface area (Å²) >= 11 is 12.9. The molecule has 0 saturated heterocycles. The maximum absolute atomic E-state index is 12.7. The molecule has 0 aliphatic carbocycles. The number of pyridine rings is 1. The summed E-state index contributed by atoms with van der Waals surface area (Å²) in [6.07, 6.45) is -1.20. The van der Waals surface area contributed by atoms with Crippen molar-refractivity contribution in [2.75, 3.05) is 11.9 Å². The average molecular weight is 493 g/mol. The second-order valence-corrected chi connectivity index (χ2v) is 8.12. The topological polar surface area (TPSA) is 94.6 Å². The molecule has 0 saturated carbocycles. The normalized spacial score (nSPS) is 11.5. The van der Waals surface area contributed by atoms with E-state index in [1.807, 2.05) is 30.3 Å². The zero-order chi connectivity index (χ0) is 23.3. The highest BCUT2D eigenvalue weighted by Gasteiger charge is 2.26. The largest absolute Gasteiger partial charge is 0.462 e. The molecule has 0 aliphatic rings. The van der Waals surface area contributed by atoms with Gasteiger partial charge in [-0.1, -0.05) is 53.5 Å². The van der Waals surface area contributed by atoms with E-state index in [4.69, 9.17) is 32.7 Å². The van der Waals surface area contributed by atoms with Crippen LogP contribution < -0.4 is 5.32 Å². The molecular weight excluding hydrogens is 475 g/mol. The van der Waals surface area contributed by atoms with Crippen LogP contribution >= 0.6 is 34.5 Å². The van der Waals surface area contributed by atoms with Crippen molar-refractivity contribution in [2.45, 2.75) is 20.0 Å². The molecule has 10 heteroatoms. The van der Waals surface area contributed by atoms with Gasteiger partial charge in [-0.05, 0) is 31.5 Å². The first-order valence-corrected chi connectivity index (χ1v) is 11.1. The number of carbonyl (C=O) groups is 3. The van der Waals surface area contributed by atoms with Crippen molar-refractivity contribution in [3.63, 3.8) is 0 Å². The van der Waals surface area contributed by atoms with Crippen LogP contribution in [0, 0.1) is 0 Å². The molecule has 0 aliphatic heterocycles. The summed E-state index contributed by atoms with van der Waals surface area (Å²) in [4.78, 5) is 41.5. The number of aromatic nitrogens is 1. The van der Waals surface area contributed by atoms with E-state index in [-0.39, 0.29) is 33.0 Å². The average Bonchev–Trinajstić information content (AvgIpc) is 3.19. The number of rotatable bonds is 7. The molecule has 1 unspecified atom stereocenters. The van der Waals surface area contributed by atoms with Gasteiger partial charge in [0.1, 0.15) is 15.7 Å². The van der Waals surface area contributed by atoms with Crippen LogP contribution in [0.2, 0.25) is 10.2 Å². The number of hydrogen-bond donors (Lipinski definition) is 1. The highest BCUT2D eigenvalue weighted by atomic mass is 35.5. The molecule has 0 bridgehead atoms. The van der Waals surface area contributed by atoms with Crippen LogP contribution in [0.4, 0.5) is 5.00 Å². The molecule has 166 valence electrons. The fourth-order valence-corrected chi connectivity index (χ4v) is 4.02. The van der Waals surface area contributed by atoms with Crippen LogP contribution in [0.15, 0.2) is 47.8 Å². The van der Waals surface area contributed by atoms with E-state index in [2.05, 4.69) is 10.3 Å². The predicted molar refractivity (Wildman–Crippen MR) is 123 cm³/mol. The lowest BCUT2D eigenvalue weighted by atomic mass is 10.0. The van der Waals surface area contributed by atoms with Gasteiger partial charge in [0.15, 0.2) is 11.8 Å². The molecule has 1 aromatic carbocycles. The van der Waals surface area contributed by atoms with Gasteiger partial charge < -0.3 is 14.8 Å². The predicted octanol–water partition coefficient (Wildman–Crippen LogP) is 5.48. The maximum atomic E-state index is 12.7. The van der Waals surface area contributed by atoms with E-state index in [1.165, 1.54) is 30.4 Å². The molecule has 2 aromatic heterocycles. The van der Waals surface area contributed by atoms with Gasteiger partial charge >= 0.3 is 11.9 Å². The first-order valence-electron chi connectivity index (χ1n) is 9.49. The summed E-state index contributed by atoms with van der Waals surface area (Å²) in [7, 11) is 0. The molecule has 0 radical (unpaired) electrons. The monoisotopic (exact) mass is 492 g/mol. The molecule has 7 nitrogen and oxygen atoms in total. The van der Waals surface area contributed by atoms with Crippen molar-refractivity contribution in [2.24, 2.45) is 0 Å². The van der Waals surface area contributed by atoms with E-state index >= 15 is 0 Å². The number of benzene rings is 1. The molecule has 32 heavy (non-hydrogen) atoms. The zero-order valence-electron chi connectivity index (χ0n) is 17.1. The summed E-state index contributed by atoms with van der Waals surface area (Å²) in [5.74, 6) is -2.10. The second-order valence-electron chi connectivity index (χ2n) is 6.44. The van der Waals surface area contributed by atoms with Crippen molar-refractivity contribution in [1.29, 1.82) is 0 Å². The van der Waals surface area contributed by atoms with Crippen molar-refractivity contribution in [3.8, 4) is 11.1 Å². The molecule has 0 spiro atoms. The quantitative estimate of drug-likeness (QED) is 0.346. The van der Waals surface area contributed by atoms with E-state index in [1.54, 1.807) is 12.3 Å². The van der Waals surface area contributed by atoms with Crippen LogP contribution in [0.1, 0.15) is 34.7 Å². The first-order chi connectivity index (χ1) is 15.3. The van der Waals surface area contributed by atoms with Crippen molar-refractivity contribution in [1.82, 2.24) is 4.98 Å². The maximum Gasteiger partial charge on any atom is 0.359 e. The lowest BCUT2D eigenvalue weighted by Gasteiger charge is -2.14. The van der Waals surface area contributed by atoms with Crippen LogP contribution in [0.25, 0.3) is 11.1 Å². The number of carbonyl (C=O) groups excluding carboxylic acids is 3. The van der Waals surface area contributed by atoms with Crippen molar-refractivity contribution < 1.29 is 23.9 Å². The summed E-state index contributed by atoms with van der Waals surface area (Å²) in [6.45, 7) is 3.26. The SMILES string of the molecule is CCOC(=O)c1c(-c2ccccc2)csc1NC(=O)C(C)OC(=O)c1nc(Cl)ccc1Cl. The molecular formula is C22H18Cl2N2O5S. The van der Waals surface area contributed by atoms with Gasteiger partial charge in [-0.15, -0.1) is 11.3 Å². The summed E-state index contributed by atoms with van der Waals surface area (Å²) in [6, 6.07) is 12.1. The molecule has 3 rings (SSSR count). The van der Waals surface area contributed by atoms with E-state index < -0.39 is 23.9 Å². The zero-order valence-corrected chi connectivity index (χ0v) is 19.4. The molecule has 0 fully saturated rings. The number of esters is 2. The fraction of sp³-hybridized carbons (Fsp3) is 0.182. The van der Waals surface area contributed by atoms with Gasteiger partial charge in [0.2, 0.25) is 0 Å². The number of thiophene rings is 1. The highest BCUT2D eigenvalue weighted by molar-refractivity contribution is 7.15. The van der Waals surface area contributed by atoms with Crippen LogP contribution in [0.5, 0.6) is 0 Å². The molecule has 3 aromatic rings. The Kier molecular flexibility index (Phi) is 7.84. The van der Waals surface area contributed by atoms with E-state index in [0.717, 1.165) is 5.56 Å². The summed E-state index contributed by atoms with van der Waals surface area (Å²) in [5.41, 5.74) is 1.46. The van der Waals surface area contributed by atoms with Gasteiger partial charge in [-0.3, -0.25) is 4.79 Å². The number of ether oxygens (including phenoxy) is 2. The lowest BCUT2D eigenvalue weighted by Crippen LogP contribution is -2.30. The Bertz CT molecular complexity index is 1150. The minimum atomic E-state index is -1.20. The van der Waals surface area contributed by atoms with Crippen molar-refractivity contribution in [3.05, 3.63) is 69.3 Å². The van der Waals surface area contributed by atoms with Crippen molar-refractivity contribution >= 4 is 57.4 Å². The molecule has 1 N–H and O–H groups in total. The second kappa shape index (κ2) is 10.6. The Morgan fingerprint density at radius 1 is 1.09 bits per heavy atom. The number of hydrogen-bond acceptors (Lipinski definition) is 7. The first kappa shape index (κ1) is 23.7.